The largest absolute Gasteiger partial charge is 0.327 e. The van der Waals surface area contributed by atoms with E-state index in [2.05, 4.69) is 6.07 Å². The van der Waals surface area contributed by atoms with Crippen molar-refractivity contribution < 1.29 is 18.0 Å². The highest BCUT2D eigenvalue weighted by Crippen LogP contribution is 2.42. The fraction of sp³-hybridized carbons (Fsp3) is 0.529. The van der Waals surface area contributed by atoms with E-state index in [1.54, 1.807) is 4.90 Å². The first-order valence-electron chi connectivity index (χ1n) is 8.00. The van der Waals surface area contributed by atoms with Gasteiger partial charge in [-0.2, -0.15) is 5.26 Å². The number of likely N-dealkylation sites (tertiary alicyclic amines) is 1. The van der Waals surface area contributed by atoms with Gasteiger partial charge in [0.15, 0.2) is 11.6 Å². The fourth-order valence-corrected chi connectivity index (χ4v) is 3.92. The summed E-state index contributed by atoms with van der Waals surface area (Å²) in [5, 5.41) is 9.27. The number of rotatable bonds is 4. The van der Waals surface area contributed by atoms with Crippen molar-refractivity contribution in [1.29, 1.82) is 5.26 Å². The summed E-state index contributed by atoms with van der Waals surface area (Å²) in [5.74, 6) is -3.29. The smallest absolute Gasteiger partial charge is 0.225 e. The van der Waals surface area contributed by atoms with Gasteiger partial charge in [0, 0.05) is 24.6 Å². The van der Waals surface area contributed by atoms with Crippen molar-refractivity contribution in [3.8, 4) is 6.07 Å². The molecule has 1 aliphatic carbocycles. The van der Waals surface area contributed by atoms with E-state index in [-0.39, 0.29) is 36.3 Å². The minimum absolute atomic E-state index is 0.0557. The molecule has 2 fully saturated rings. The van der Waals surface area contributed by atoms with Crippen molar-refractivity contribution >= 4 is 5.91 Å². The van der Waals surface area contributed by atoms with Crippen LogP contribution in [-0.2, 0) is 11.2 Å². The van der Waals surface area contributed by atoms with Gasteiger partial charge in [0.2, 0.25) is 5.91 Å². The van der Waals surface area contributed by atoms with E-state index in [1.165, 1.54) is 0 Å². The number of nitrogens with two attached hydrogens (primary N) is 1. The molecule has 1 amide bonds. The monoisotopic (exact) mass is 337 g/mol. The van der Waals surface area contributed by atoms with Crippen LogP contribution in [0.5, 0.6) is 0 Å². The van der Waals surface area contributed by atoms with Gasteiger partial charge in [0.25, 0.3) is 0 Å². The van der Waals surface area contributed by atoms with Gasteiger partial charge >= 0.3 is 0 Å². The Kier molecular flexibility index (Phi) is 4.50. The van der Waals surface area contributed by atoms with Gasteiger partial charge < -0.3 is 10.6 Å². The van der Waals surface area contributed by atoms with E-state index >= 15 is 0 Å². The van der Waals surface area contributed by atoms with Crippen LogP contribution in [0.15, 0.2) is 12.1 Å². The Labute approximate surface area is 138 Å². The number of piperidine rings is 1. The Morgan fingerprint density at radius 3 is 2.71 bits per heavy atom. The third-order valence-corrected chi connectivity index (χ3v) is 5.01. The van der Waals surface area contributed by atoms with Crippen LogP contribution in [0.25, 0.3) is 0 Å². The summed E-state index contributed by atoms with van der Waals surface area (Å²) in [7, 11) is 0. The lowest BCUT2D eigenvalue weighted by Crippen LogP contribution is -2.46. The van der Waals surface area contributed by atoms with Crippen LogP contribution in [0.1, 0.15) is 31.2 Å². The molecule has 1 aromatic carbocycles. The summed E-state index contributed by atoms with van der Waals surface area (Å²) in [6.07, 6.45) is 2.56. The molecular weight excluding hydrogens is 319 g/mol. The molecule has 1 heterocycles. The molecule has 1 saturated carbocycles. The van der Waals surface area contributed by atoms with Crippen LogP contribution in [0.4, 0.5) is 13.2 Å². The Morgan fingerprint density at radius 2 is 2.00 bits per heavy atom. The van der Waals surface area contributed by atoms with Crippen molar-refractivity contribution in [2.45, 2.75) is 50.2 Å². The maximum Gasteiger partial charge on any atom is 0.225 e. The first kappa shape index (κ1) is 16.8. The van der Waals surface area contributed by atoms with E-state index in [0.717, 1.165) is 25.3 Å². The molecule has 0 aromatic heterocycles. The van der Waals surface area contributed by atoms with Gasteiger partial charge in [-0.1, -0.05) is 0 Å². The van der Waals surface area contributed by atoms with Gasteiger partial charge in [-0.25, -0.2) is 13.2 Å². The molecule has 4 nitrogen and oxygen atoms in total. The zero-order valence-corrected chi connectivity index (χ0v) is 13.0. The minimum atomic E-state index is -1.26. The van der Waals surface area contributed by atoms with Crippen LogP contribution in [0, 0.1) is 34.7 Å². The highest BCUT2D eigenvalue weighted by Gasteiger charge is 2.48. The first-order valence-corrected chi connectivity index (χ1v) is 8.00. The molecule has 1 aromatic rings. The zero-order valence-electron chi connectivity index (χ0n) is 13.0. The third-order valence-electron chi connectivity index (χ3n) is 5.01. The molecule has 1 aliphatic heterocycles. The average molecular weight is 337 g/mol. The average Bonchev–Trinajstić information content (AvgIpc) is 3.12. The predicted molar refractivity (Wildman–Crippen MR) is 80.0 cm³/mol. The number of fused-ring (bicyclic) bond motifs is 2. The van der Waals surface area contributed by atoms with E-state index < -0.39 is 29.5 Å². The molecule has 4 atom stereocenters. The zero-order chi connectivity index (χ0) is 17.4. The van der Waals surface area contributed by atoms with Gasteiger partial charge in [-0.15, -0.1) is 0 Å². The second-order valence-corrected chi connectivity index (χ2v) is 6.63. The molecule has 128 valence electrons. The van der Waals surface area contributed by atoms with E-state index in [9.17, 15) is 23.2 Å². The lowest BCUT2D eigenvalue weighted by atomic mass is 9.98. The molecule has 0 spiro atoms. The second-order valence-electron chi connectivity index (χ2n) is 6.63. The highest BCUT2D eigenvalue weighted by molar-refractivity contribution is 5.78. The molecular formula is C17H18F3N3O. The first-order chi connectivity index (χ1) is 11.4. The summed E-state index contributed by atoms with van der Waals surface area (Å²) < 4.78 is 39.8. The van der Waals surface area contributed by atoms with Crippen LogP contribution in [0.2, 0.25) is 0 Å². The number of benzene rings is 1. The summed E-state index contributed by atoms with van der Waals surface area (Å²) in [5.41, 5.74) is 5.84. The standard InChI is InChI=1S/C17H18F3N3O/c18-13-7-15(20)14(19)5-10(13)3-11(22)6-17(24)23-12-2-1-9(4-12)16(23)8-21/h5,7,9,11-12,16H,1-4,6,22H2/t9-,11+,12+,16+/m0/s1. The minimum Gasteiger partial charge on any atom is -0.327 e. The molecule has 3 rings (SSSR count). The van der Waals surface area contributed by atoms with Crippen molar-refractivity contribution in [3.63, 3.8) is 0 Å². The van der Waals surface area contributed by atoms with Gasteiger partial charge in [0.1, 0.15) is 11.9 Å². The Balaban J connectivity index is 1.65. The number of nitriles is 1. The number of hydrogen-bond acceptors (Lipinski definition) is 3. The summed E-state index contributed by atoms with van der Waals surface area (Å²) in [4.78, 5) is 14.1. The summed E-state index contributed by atoms with van der Waals surface area (Å²) in [6, 6.07) is 2.37. The van der Waals surface area contributed by atoms with E-state index in [4.69, 9.17) is 5.73 Å². The van der Waals surface area contributed by atoms with Crippen LogP contribution in [-0.4, -0.2) is 28.9 Å². The van der Waals surface area contributed by atoms with E-state index in [0.29, 0.717) is 6.07 Å². The number of nitrogens with zero attached hydrogens (tertiary/aromatic N) is 2. The molecule has 0 unspecified atom stereocenters. The molecule has 1 saturated heterocycles. The molecule has 24 heavy (non-hydrogen) atoms. The quantitative estimate of drug-likeness (QED) is 0.857. The van der Waals surface area contributed by atoms with Crippen molar-refractivity contribution in [1.82, 2.24) is 4.90 Å². The maximum atomic E-state index is 13.7. The summed E-state index contributed by atoms with van der Waals surface area (Å²) >= 11 is 0. The Bertz CT molecular complexity index is 703. The number of amides is 1. The number of carbonyl (C=O) groups is 1. The lowest BCUT2D eigenvalue weighted by molar-refractivity contribution is -0.134. The maximum absolute atomic E-state index is 13.7. The molecule has 0 radical (unpaired) electrons. The molecule has 2 N–H and O–H groups in total. The molecule has 2 bridgehead atoms. The third kappa shape index (κ3) is 2.98. The van der Waals surface area contributed by atoms with Crippen molar-refractivity contribution in [3.05, 3.63) is 35.1 Å². The topological polar surface area (TPSA) is 70.1 Å². The van der Waals surface area contributed by atoms with Crippen molar-refractivity contribution in [2.24, 2.45) is 11.7 Å². The number of hydrogen-bond donors (Lipinski definition) is 1. The Hall–Kier alpha value is -2.07. The summed E-state index contributed by atoms with van der Waals surface area (Å²) in [6.45, 7) is 0. The normalized spacial score (nSPS) is 26.5. The van der Waals surface area contributed by atoms with Crippen molar-refractivity contribution in [2.75, 3.05) is 0 Å². The van der Waals surface area contributed by atoms with Gasteiger partial charge in [-0.05, 0) is 43.2 Å². The van der Waals surface area contributed by atoms with Crippen LogP contribution < -0.4 is 5.73 Å². The molecule has 7 heteroatoms. The van der Waals surface area contributed by atoms with Crippen LogP contribution >= 0.6 is 0 Å². The SMILES string of the molecule is N#C[C@@H]1[C@H]2CC[C@H](C2)N1C(=O)C[C@H](N)Cc1cc(F)c(F)cc1F. The predicted octanol–water partition coefficient (Wildman–Crippen LogP) is 2.27. The highest BCUT2D eigenvalue weighted by atomic mass is 19.2. The number of halogens is 3. The van der Waals surface area contributed by atoms with E-state index in [1.807, 2.05) is 0 Å². The van der Waals surface area contributed by atoms with Gasteiger partial charge in [0.05, 0.1) is 6.07 Å². The fourth-order valence-electron chi connectivity index (χ4n) is 3.92. The second kappa shape index (κ2) is 6.44. The lowest BCUT2D eigenvalue weighted by Gasteiger charge is -2.32. The molecule has 2 aliphatic rings. The number of carbonyl (C=O) groups excluding carboxylic acids is 1. The Morgan fingerprint density at radius 1 is 1.29 bits per heavy atom. The van der Waals surface area contributed by atoms with Gasteiger partial charge in [-0.3, -0.25) is 4.79 Å². The van der Waals surface area contributed by atoms with Crippen LogP contribution in [0.3, 0.4) is 0 Å².